The maximum Gasteiger partial charge on any atom is 0.264 e. The predicted octanol–water partition coefficient (Wildman–Crippen LogP) is 3.07. The summed E-state index contributed by atoms with van der Waals surface area (Å²) >= 11 is 4.95. The molecule has 0 saturated carbocycles. The summed E-state index contributed by atoms with van der Waals surface area (Å²) in [5, 5.41) is 0. The van der Waals surface area contributed by atoms with E-state index in [4.69, 9.17) is 4.74 Å². The Morgan fingerprint density at radius 3 is 2.82 bits per heavy atom. The molecule has 17 heavy (non-hydrogen) atoms. The highest BCUT2D eigenvalue weighted by Gasteiger charge is 2.31. The van der Waals surface area contributed by atoms with Crippen LogP contribution in [-0.4, -0.2) is 36.6 Å². The van der Waals surface area contributed by atoms with E-state index < -0.39 is 0 Å². The molecule has 2 atom stereocenters. The molecule has 1 fully saturated rings. The first kappa shape index (κ1) is 13.1. The van der Waals surface area contributed by atoms with Gasteiger partial charge in [0.1, 0.15) is 0 Å². The number of hydrogen-bond donors (Lipinski definition) is 0. The molecule has 2 heterocycles. The number of likely N-dealkylation sites (N-methyl/N-ethyl adjacent to an activating group) is 1. The second-order valence-electron chi connectivity index (χ2n) is 4.42. The second-order valence-corrected chi connectivity index (χ2v) is 6.79. The quantitative estimate of drug-likeness (QED) is 0.839. The highest BCUT2D eigenvalue weighted by molar-refractivity contribution is 9.11. The lowest BCUT2D eigenvalue weighted by Crippen LogP contribution is -2.40. The van der Waals surface area contributed by atoms with Crippen LogP contribution in [0.25, 0.3) is 0 Å². The van der Waals surface area contributed by atoms with Crippen molar-refractivity contribution in [1.29, 1.82) is 0 Å². The zero-order valence-corrected chi connectivity index (χ0v) is 12.6. The van der Waals surface area contributed by atoms with Crippen LogP contribution in [0.5, 0.6) is 0 Å². The van der Waals surface area contributed by atoms with Gasteiger partial charge in [-0.15, -0.1) is 11.3 Å². The van der Waals surface area contributed by atoms with Crippen LogP contribution >= 0.6 is 27.3 Å². The summed E-state index contributed by atoms with van der Waals surface area (Å²) in [5.41, 5.74) is 1.11. The Morgan fingerprint density at radius 1 is 1.65 bits per heavy atom. The Bertz CT molecular complexity index is 413. The molecule has 2 rings (SSSR count). The lowest BCUT2D eigenvalue weighted by molar-refractivity contribution is 0.0578. The van der Waals surface area contributed by atoms with Gasteiger partial charge in [-0.2, -0.15) is 0 Å². The molecule has 5 heteroatoms. The summed E-state index contributed by atoms with van der Waals surface area (Å²) in [6.45, 7) is 4.77. The molecular formula is C12H16BrNO2S. The fourth-order valence-corrected chi connectivity index (χ4v) is 3.64. The first-order chi connectivity index (χ1) is 8.00. The molecule has 1 amide bonds. The molecule has 0 aromatic carbocycles. The molecule has 1 saturated heterocycles. The maximum absolute atomic E-state index is 12.3. The molecule has 1 aromatic rings. The summed E-state index contributed by atoms with van der Waals surface area (Å²) < 4.78 is 6.53. The molecule has 1 aliphatic rings. The van der Waals surface area contributed by atoms with Gasteiger partial charge < -0.3 is 9.64 Å². The van der Waals surface area contributed by atoms with Crippen molar-refractivity contribution in [3.63, 3.8) is 0 Å². The van der Waals surface area contributed by atoms with E-state index in [0.29, 0.717) is 0 Å². The van der Waals surface area contributed by atoms with E-state index in [1.807, 2.05) is 31.9 Å². The molecule has 0 spiro atoms. The molecule has 1 aliphatic heterocycles. The summed E-state index contributed by atoms with van der Waals surface area (Å²) in [5.74, 6) is 0.0890. The van der Waals surface area contributed by atoms with Gasteiger partial charge in [0.25, 0.3) is 5.91 Å². The summed E-state index contributed by atoms with van der Waals surface area (Å²) in [4.78, 5) is 14.9. The number of aryl methyl sites for hydroxylation is 1. The van der Waals surface area contributed by atoms with Crippen molar-refractivity contribution in [3.8, 4) is 0 Å². The summed E-state index contributed by atoms with van der Waals surface area (Å²) in [6.07, 6.45) is 1.06. The molecule has 0 N–H and O–H groups in total. The van der Waals surface area contributed by atoms with Crippen LogP contribution in [-0.2, 0) is 4.74 Å². The van der Waals surface area contributed by atoms with Gasteiger partial charge in [-0.25, -0.2) is 0 Å². The molecule has 1 aromatic heterocycles. The smallest absolute Gasteiger partial charge is 0.264 e. The molecule has 2 unspecified atom stereocenters. The number of ether oxygens (including phenoxy) is 1. The summed E-state index contributed by atoms with van der Waals surface area (Å²) in [6, 6.07) is 2.14. The number of rotatable bonds is 2. The zero-order valence-electron chi connectivity index (χ0n) is 10.2. The topological polar surface area (TPSA) is 29.5 Å². The standard InChI is InChI=1S/C12H16BrNO2S/c1-7-6-10(17-11(7)13)12(15)14(3)9-4-5-16-8(9)2/h6,8-9H,4-5H2,1-3H3. The molecule has 0 aliphatic carbocycles. The maximum atomic E-state index is 12.3. The minimum Gasteiger partial charge on any atom is -0.376 e. The van der Waals surface area contributed by atoms with Crippen molar-refractivity contribution in [2.45, 2.75) is 32.4 Å². The number of hydrogen-bond acceptors (Lipinski definition) is 3. The average Bonchev–Trinajstić information content (AvgIpc) is 2.84. The van der Waals surface area contributed by atoms with Crippen LogP contribution in [0, 0.1) is 6.92 Å². The number of carbonyl (C=O) groups is 1. The highest BCUT2D eigenvalue weighted by atomic mass is 79.9. The Labute approximate surface area is 114 Å². The molecule has 3 nitrogen and oxygen atoms in total. The average molecular weight is 318 g/mol. The third kappa shape index (κ3) is 2.56. The van der Waals surface area contributed by atoms with Gasteiger partial charge in [0.05, 0.1) is 20.8 Å². The first-order valence-corrected chi connectivity index (χ1v) is 7.26. The first-order valence-electron chi connectivity index (χ1n) is 5.65. The monoisotopic (exact) mass is 317 g/mol. The third-order valence-electron chi connectivity index (χ3n) is 3.22. The minimum absolute atomic E-state index is 0.0890. The predicted molar refractivity (Wildman–Crippen MR) is 72.7 cm³/mol. The highest BCUT2D eigenvalue weighted by Crippen LogP contribution is 2.29. The minimum atomic E-state index is 0.0890. The van der Waals surface area contributed by atoms with Crippen LogP contribution in [0.2, 0.25) is 0 Å². The van der Waals surface area contributed by atoms with E-state index in [0.717, 1.165) is 27.3 Å². The number of thiophene rings is 1. The van der Waals surface area contributed by atoms with Crippen molar-refractivity contribution in [2.24, 2.45) is 0 Å². The number of amides is 1. The summed E-state index contributed by atoms with van der Waals surface area (Å²) in [7, 11) is 1.86. The number of halogens is 1. The van der Waals surface area contributed by atoms with E-state index in [1.54, 1.807) is 0 Å². The Balaban J connectivity index is 2.14. The Morgan fingerprint density at radius 2 is 2.35 bits per heavy atom. The van der Waals surface area contributed by atoms with E-state index in [1.165, 1.54) is 11.3 Å². The normalized spacial score (nSPS) is 24.0. The van der Waals surface area contributed by atoms with Gasteiger partial charge >= 0.3 is 0 Å². The van der Waals surface area contributed by atoms with E-state index in [2.05, 4.69) is 15.9 Å². The number of carbonyl (C=O) groups excluding carboxylic acids is 1. The molecule has 0 radical (unpaired) electrons. The fraction of sp³-hybridized carbons (Fsp3) is 0.583. The second kappa shape index (κ2) is 5.08. The Kier molecular flexibility index (Phi) is 3.90. The van der Waals surface area contributed by atoms with Gasteiger partial charge in [0.15, 0.2) is 0 Å². The molecule has 0 bridgehead atoms. The van der Waals surface area contributed by atoms with Crippen molar-refractivity contribution in [1.82, 2.24) is 4.90 Å². The number of nitrogens with zero attached hydrogens (tertiary/aromatic N) is 1. The largest absolute Gasteiger partial charge is 0.376 e. The van der Waals surface area contributed by atoms with Crippen molar-refractivity contribution in [2.75, 3.05) is 13.7 Å². The van der Waals surface area contributed by atoms with Crippen molar-refractivity contribution in [3.05, 3.63) is 20.3 Å². The van der Waals surface area contributed by atoms with Crippen LogP contribution < -0.4 is 0 Å². The van der Waals surface area contributed by atoms with Crippen LogP contribution in [0.15, 0.2) is 9.85 Å². The van der Waals surface area contributed by atoms with E-state index in [-0.39, 0.29) is 18.1 Å². The van der Waals surface area contributed by atoms with Gasteiger partial charge in [-0.05, 0) is 47.8 Å². The van der Waals surface area contributed by atoms with E-state index >= 15 is 0 Å². The third-order valence-corrected chi connectivity index (χ3v) is 5.35. The lowest BCUT2D eigenvalue weighted by atomic mass is 10.1. The van der Waals surface area contributed by atoms with E-state index in [9.17, 15) is 4.79 Å². The Hall–Kier alpha value is -0.390. The van der Waals surface area contributed by atoms with Crippen molar-refractivity contribution < 1.29 is 9.53 Å². The van der Waals surface area contributed by atoms with Gasteiger partial charge in [-0.3, -0.25) is 4.79 Å². The van der Waals surface area contributed by atoms with Gasteiger partial charge in [0, 0.05) is 13.7 Å². The molecular weight excluding hydrogens is 302 g/mol. The van der Waals surface area contributed by atoms with Crippen LogP contribution in [0.4, 0.5) is 0 Å². The van der Waals surface area contributed by atoms with Crippen molar-refractivity contribution >= 4 is 33.2 Å². The molecule has 94 valence electrons. The SMILES string of the molecule is Cc1cc(C(=O)N(C)C2CCOC2C)sc1Br. The zero-order chi connectivity index (χ0) is 12.6. The fourth-order valence-electron chi connectivity index (χ4n) is 2.12. The van der Waals surface area contributed by atoms with Gasteiger partial charge in [0.2, 0.25) is 0 Å². The van der Waals surface area contributed by atoms with Crippen LogP contribution in [0.1, 0.15) is 28.6 Å². The lowest BCUT2D eigenvalue weighted by Gasteiger charge is -2.26. The van der Waals surface area contributed by atoms with Crippen LogP contribution in [0.3, 0.4) is 0 Å². The van der Waals surface area contributed by atoms with Gasteiger partial charge in [-0.1, -0.05) is 0 Å².